The minimum atomic E-state index is -2.97. The van der Waals surface area contributed by atoms with Gasteiger partial charge in [0.2, 0.25) is 10.0 Å². The molecule has 1 N–H and O–H groups in total. The van der Waals surface area contributed by atoms with Crippen LogP contribution in [0.5, 0.6) is 0 Å². The highest BCUT2D eigenvalue weighted by Crippen LogP contribution is 2.30. The fourth-order valence-electron chi connectivity index (χ4n) is 1.90. The third kappa shape index (κ3) is 2.61. The molecule has 2 fully saturated rings. The first-order valence-electron chi connectivity index (χ1n) is 5.25. The van der Waals surface area contributed by atoms with Crippen LogP contribution in [0.15, 0.2) is 0 Å². The maximum Gasteiger partial charge on any atom is 0.214 e. The second-order valence-electron chi connectivity index (χ2n) is 4.27. The SMILES string of the molecule is O=S(=O)(N[C@@H]1CCCC[C@@H]1I)C1CC1. The van der Waals surface area contributed by atoms with Gasteiger partial charge in [0.05, 0.1) is 5.25 Å². The molecule has 14 heavy (non-hydrogen) atoms. The Hall–Kier alpha value is 0.640. The first-order chi connectivity index (χ1) is 6.59. The molecule has 0 saturated heterocycles. The second-order valence-corrected chi connectivity index (χ2v) is 7.86. The number of alkyl halides is 1. The molecular weight excluding hydrogens is 313 g/mol. The smallest absolute Gasteiger partial charge is 0.212 e. The monoisotopic (exact) mass is 329 g/mol. The zero-order chi connectivity index (χ0) is 10.2. The van der Waals surface area contributed by atoms with E-state index in [2.05, 4.69) is 27.3 Å². The second kappa shape index (κ2) is 4.25. The van der Waals surface area contributed by atoms with Crippen LogP contribution in [-0.4, -0.2) is 23.6 Å². The van der Waals surface area contributed by atoms with E-state index in [0.29, 0.717) is 3.92 Å². The van der Waals surface area contributed by atoms with E-state index in [1.54, 1.807) is 0 Å². The van der Waals surface area contributed by atoms with Crippen molar-refractivity contribution >= 4 is 32.6 Å². The van der Waals surface area contributed by atoms with Crippen LogP contribution in [0.25, 0.3) is 0 Å². The topological polar surface area (TPSA) is 46.2 Å². The highest BCUT2D eigenvalue weighted by Gasteiger charge is 2.38. The minimum Gasteiger partial charge on any atom is -0.212 e. The molecule has 2 aliphatic rings. The van der Waals surface area contributed by atoms with Crippen molar-refractivity contribution in [1.29, 1.82) is 0 Å². The average Bonchev–Trinajstić information content (AvgIpc) is 2.91. The van der Waals surface area contributed by atoms with Gasteiger partial charge in [-0.25, -0.2) is 13.1 Å². The molecule has 0 aliphatic heterocycles. The minimum absolute atomic E-state index is 0.0759. The van der Waals surface area contributed by atoms with E-state index in [-0.39, 0.29) is 11.3 Å². The van der Waals surface area contributed by atoms with Gasteiger partial charge < -0.3 is 0 Å². The summed E-state index contributed by atoms with van der Waals surface area (Å²) >= 11 is 2.38. The molecule has 0 unspecified atom stereocenters. The summed E-state index contributed by atoms with van der Waals surface area (Å²) in [5.74, 6) is 0. The molecule has 82 valence electrons. The van der Waals surface area contributed by atoms with Crippen LogP contribution in [0.1, 0.15) is 38.5 Å². The van der Waals surface area contributed by atoms with E-state index >= 15 is 0 Å². The molecular formula is C9H16INO2S. The van der Waals surface area contributed by atoms with Crippen molar-refractivity contribution in [3.8, 4) is 0 Å². The zero-order valence-corrected chi connectivity index (χ0v) is 11.1. The third-order valence-corrected chi connectivity index (χ3v) is 6.43. The number of hydrogen-bond acceptors (Lipinski definition) is 2. The molecule has 0 bridgehead atoms. The number of rotatable bonds is 3. The quantitative estimate of drug-likeness (QED) is 0.634. The van der Waals surface area contributed by atoms with Crippen molar-refractivity contribution in [1.82, 2.24) is 4.72 Å². The average molecular weight is 329 g/mol. The molecule has 3 nitrogen and oxygen atoms in total. The van der Waals surface area contributed by atoms with Gasteiger partial charge in [-0.1, -0.05) is 35.4 Å². The first kappa shape index (κ1) is 11.1. The molecule has 2 aliphatic carbocycles. The lowest BCUT2D eigenvalue weighted by Crippen LogP contribution is -2.43. The largest absolute Gasteiger partial charge is 0.214 e. The molecule has 0 amide bonds. The summed E-state index contributed by atoms with van der Waals surface area (Å²) in [4.78, 5) is 0. The molecule has 2 atom stereocenters. The van der Waals surface area contributed by atoms with Crippen LogP contribution in [0, 0.1) is 0 Å². The number of hydrogen-bond donors (Lipinski definition) is 1. The molecule has 2 rings (SSSR count). The summed E-state index contributed by atoms with van der Waals surface area (Å²) in [6.45, 7) is 0. The molecule has 2 saturated carbocycles. The maximum absolute atomic E-state index is 11.7. The number of sulfonamides is 1. The Balaban J connectivity index is 1.95. The summed E-state index contributed by atoms with van der Waals surface area (Å²) < 4.78 is 26.7. The zero-order valence-electron chi connectivity index (χ0n) is 8.08. The van der Waals surface area contributed by atoms with Crippen LogP contribution in [-0.2, 0) is 10.0 Å². The Morgan fingerprint density at radius 2 is 1.71 bits per heavy atom. The predicted octanol–water partition coefficient (Wildman–Crippen LogP) is 1.81. The fourth-order valence-corrected chi connectivity index (χ4v) is 4.78. The maximum atomic E-state index is 11.7. The summed E-state index contributed by atoms with van der Waals surface area (Å²) in [6.07, 6.45) is 6.28. The lowest BCUT2D eigenvalue weighted by Gasteiger charge is -2.27. The third-order valence-electron chi connectivity index (χ3n) is 2.96. The predicted molar refractivity (Wildman–Crippen MR) is 65.1 cm³/mol. The van der Waals surface area contributed by atoms with Gasteiger partial charge in [0, 0.05) is 9.97 Å². The van der Waals surface area contributed by atoms with Crippen LogP contribution < -0.4 is 4.72 Å². The van der Waals surface area contributed by atoms with Crippen molar-refractivity contribution in [2.45, 2.75) is 53.7 Å². The van der Waals surface area contributed by atoms with Gasteiger partial charge in [-0.2, -0.15) is 0 Å². The Kier molecular flexibility index (Phi) is 3.38. The summed E-state index contributed by atoms with van der Waals surface area (Å²) in [5, 5.41) is -0.0759. The van der Waals surface area contributed by atoms with Crippen molar-refractivity contribution in [2.24, 2.45) is 0 Å². The van der Waals surface area contributed by atoms with Gasteiger partial charge in [-0.15, -0.1) is 0 Å². The highest BCUT2D eigenvalue weighted by molar-refractivity contribution is 14.1. The fraction of sp³-hybridized carbons (Fsp3) is 1.00. The van der Waals surface area contributed by atoms with E-state index in [1.165, 1.54) is 6.42 Å². The molecule has 0 aromatic heterocycles. The Morgan fingerprint density at radius 1 is 1.07 bits per heavy atom. The molecule has 0 aromatic rings. The van der Waals surface area contributed by atoms with Gasteiger partial charge >= 0.3 is 0 Å². The van der Waals surface area contributed by atoms with Gasteiger partial charge in [0.25, 0.3) is 0 Å². The lowest BCUT2D eigenvalue weighted by molar-refractivity contribution is 0.433. The summed E-state index contributed by atoms with van der Waals surface area (Å²) in [7, 11) is -2.97. The van der Waals surface area contributed by atoms with Crippen LogP contribution >= 0.6 is 22.6 Å². The Morgan fingerprint density at radius 3 is 2.29 bits per heavy atom. The molecule has 0 heterocycles. The Bertz CT molecular complexity index is 300. The van der Waals surface area contributed by atoms with Gasteiger partial charge in [0.15, 0.2) is 0 Å². The Labute approximate surface area is 99.2 Å². The van der Waals surface area contributed by atoms with Crippen molar-refractivity contribution < 1.29 is 8.42 Å². The van der Waals surface area contributed by atoms with Gasteiger partial charge in [-0.05, 0) is 25.7 Å². The van der Waals surface area contributed by atoms with E-state index in [4.69, 9.17) is 0 Å². The van der Waals surface area contributed by atoms with Crippen LogP contribution in [0.4, 0.5) is 0 Å². The lowest BCUT2D eigenvalue weighted by atomic mass is 9.96. The molecule has 0 radical (unpaired) electrons. The van der Waals surface area contributed by atoms with Crippen LogP contribution in [0.2, 0.25) is 0 Å². The van der Waals surface area contributed by atoms with Crippen molar-refractivity contribution in [3.05, 3.63) is 0 Å². The van der Waals surface area contributed by atoms with E-state index in [1.807, 2.05) is 0 Å². The van der Waals surface area contributed by atoms with E-state index in [9.17, 15) is 8.42 Å². The van der Waals surface area contributed by atoms with E-state index in [0.717, 1.165) is 32.1 Å². The van der Waals surface area contributed by atoms with Gasteiger partial charge in [0.1, 0.15) is 0 Å². The summed E-state index contributed by atoms with van der Waals surface area (Å²) in [5.41, 5.74) is 0. The normalized spacial score (nSPS) is 34.4. The molecule has 0 spiro atoms. The van der Waals surface area contributed by atoms with Crippen LogP contribution in [0.3, 0.4) is 0 Å². The molecule has 5 heteroatoms. The van der Waals surface area contributed by atoms with Crippen molar-refractivity contribution in [3.63, 3.8) is 0 Å². The van der Waals surface area contributed by atoms with Gasteiger partial charge in [-0.3, -0.25) is 0 Å². The summed E-state index contributed by atoms with van der Waals surface area (Å²) in [6, 6.07) is 0.190. The number of halogens is 1. The van der Waals surface area contributed by atoms with Crippen molar-refractivity contribution in [2.75, 3.05) is 0 Å². The number of nitrogens with one attached hydrogen (secondary N) is 1. The standard InChI is InChI=1S/C9H16INO2S/c10-8-3-1-2-4-9(8)11-14(12,13)7-5-6-7/h7-9,11H,1-6H2/t8-,9+/m0/s1. The van der Waals surface area contributed by atoms with E-state index < -0.39 is 10.0 Å². The highest BCUT2D eigenvalue weighted by atomic mass is 127. The molecule has 0 aromatic carbocycles. The first-order valence-corrected chi connectivity index (χ1v) is 8.04.